The van der Waals surface area contributed by atoms with Gasteiger partial charge in [-0.25, -0.2) is 0 Å². The maximum absolute atomic E-state index is 12.6. The van der Waals surface area contributed by atoms with Gasteiger partial charge in [-0.3, -0.25) is 4.79 Å². The first-order chi connectivity index (χ1) is 10.8. The van der Waals surface area contributed by atoms with Gasteiger partial charge >= 0.3 is 0 Å². The summed E-state index contributed by atoms with van der Waals surface area (Å²) in [6.07, 6.45) is 0. The molecule has 22 heavy (non-hydrogen) atoms. The van der Waals surface area contributed by atoms with Crippen LogP contribution >= 0.6 is 0 Å². The van der Waals surface area contributed by atoms with Crippen molar-refractivity contribution in [2.75, 3.05) is 36.5 Å². The van der Waals surface area contributed by atoms with Crippen LogP contribution in [0, 0.1) is 0 Å². The van der Waals surface area contributed by atoms with Gasteiger partial charge in [0.2, 0.25) is 0 Å². The maximum Gasteiger partial charge on any atom is 0.182 e. The molecule has 4 heteroatoms. The number of nitrogens with zero attached hydrogens (tertiary/aromatic N) is 1. The first-order valence-corrected chi connectivity index (χ1v) is 7.62. The number of para-hydroxylation sites is 1. The molecule has 4 nitrogen and oxygen atoms in total. The molecule has 1 aliphatic rings. The van der Waals surface area contributed by atoms with Crippen molar-refractivity contribution in [2.24, 2.45) is 0 Å². The number of hydrogen-bond acceptors (Lipinski definition) is 4. The van der Waals surface area contributed by atoms with Crippen molar-refractivity contribution >= 4 is 17.2 Å². The fourth-order valence-electron chi connectivity index (χ4n) is 2.60. The smallest absolute Gasteiger partial charge is 0.182 e. The van der Waals surface area contributed by atoms with E-state index in [0.717, 1.165) is 30.2 Å². The second-order valence-electron chi connectivity index (χ2n) is 5.26. The van der Waals surface area contributed by atoms with Crippen LogP contribution in [0.5, 0.6) is 5.75 Å². The number of fused-ring (bicyclic) bond motifs is 1. The third-order valence-corrected chi connectivity index (χ3v) is 3.81. The van der Waals surface area contributed by atoms with Gasteiger partial charge in [0.05, 0.1) is 12.2 Å². The molecule has 0 aliphatic carbocycles. The Labute approximate surface area is 130 Å². The lowest BCUT2D eigenvalue weighted by Crippen LogP contribution is -2.29. The first kappa shape index (κ1) is 14.4. The molecule has 0 aromatic heterocycles. The molecule has 0 saturated heterocycles. The summed E-state index contributed by atoms with van der Waals surface area (Å²) in [6, 6.07) is 15.6. The van der Waals surface area contributed by atoms with Crippen LogP contribution in [0.4, 0.5) is 11.4 Å². The van der Waals surface area contributed by atoms with Crippen LogP contribution in [0.1, 0.15) is 17.3 Å². The van der Waals surface area contributed by atoms with E-state index in [1.54, 1.807) is 0 Å². The largest absolute Gasteiger partial charge is 0.490 e. The monoisotopic (exact) mass is 296 g/mol. The minimum Gasteiger partial charge on any atom is -0.490 e. The predicted molar refractivity (Wildman–Crippen MR) is 89.1 cm³/mol. The van der Waals surface area contributed by atoms with E-state index in [1.165, 1.54) is 0 Å². The van der Waals surface area contributed by atoms with Gasteiger partial charge in [-0.05, 0) is 37.3 Å². The van der Waals surface area contributed by atoms with Crippen molar-refractivity contribution in [1.29, 1.82) is 0 Å². The average molecular weight is 296 g/mol. The van der Waals surface area contributed by atoms with Gasteiger partial charge in [0.15, 0.2) is 5.78 Å². The molecule has 0 spiro atoms. The number of rotatable bonds is 5. The van der Waals surface area contributed by atoms with E-state index < -0.39 is 0 Å². The molecule has 2 aromatic carbocycles. The van der Waals surface area contributed by atoms with Crippen LogP contribution in [0.25, 0.3) is 0 Å². The second-order valence-corrected chi connectivity index (χ2v) is 5.26. The van der Waals surface area contributed by atoms with Gasteiger partial charge < -0.3 is 15.0 Å². The number of hydrogen-bond donors (Lipinski definition) is 1. The summed E-state index contributed by atoms with van der Waals surface area (Å²) in [5, 5.41) is 3.27. The number of Topliss-reactive ketones (excluding diaryl/α,β-unsaturated/α-hetero) is 1. The van der Waals surface area contributed by atoms with Crippen LogP contribution in [0.2, 0.25) is 0 Å². The number of anilines is 2. The highest BCUT2D eigenvalue weighted by Gasteiger charge is 2.15. The Morgan fingerprint density at radius 1 is 1.23 bits per heavy atom. The summed E-state index contributed by atoms with van der Waals surface area (Å²) in [4.78, 5) is 14.6. The standard InChI is InChI=1S/C18H20N2O2/c1-2-20(15-6-4-3-5-7-15)13-17(21)14-8-9-18-16(12-14)19-10-11-22-18/h3-9,12,19H,2,10-11,13H2,1H3. The molecule has 0 atom stereocenters. The van der Waals surface area contributed by atoms with E-state index in [4.69, 9.17) is 4.74 Å². The van der Waals surface area contributed by atoms with Crippen molar-refractivity contribution in [2.45, 2.75) is 6.92 Å². The number of likely N-dealkylation sites (N-methyl/N-ethyl adjacent to an activating group) is 1. The Morgan fingerprint density at radius 2 is 2.05 bits per heavy atom. The fourth-order valence-corrected chi connectivity index (χ4v) is 2.60. The molecule has 0 radical (unpaired) electrons. The van der Waals surface area contributed by atoms with E-state index in [9.17, 15) is 4.79 Å². The maximum atomic E-state index is 12.6. The number of nitrogens with one attached hydrogen (secondary N) is 1. The van der Waals surface area contributed by atoms with E-state index in [2.05, 4.69) is 17.1 Å². The molecule has 0 saturated carbocycles. The molecule has 0 fully saturated rings. The molecule has 0 bridgehead atoms. The van der Waals surface area contributed by atoms with Crippen LogP contribution < -0.4 is 15.0 Å². The van der Waals surface area contributed by atoms with Crippen molar-refractivity contribution in [3.05, 3.63) is 54.1 Å². The highest BCUT2D eigenvalue weighted by molar-refractivity contribution is 6.00. The Kier molecular flexibility index (Phi) is 4.28. The van der Waals surface area contributed by atoms with E-state index in [1.807, 2.05) is 48.5 Å². The Morgan fingerprint density at radius 3 is 2.82 bits per heavy atom. The quantitative estimate of drug-likeness (QED) is 0.860. The van der Waals surface area contributed by atoms with Crippen molar-refractivity contribution < 1.29 is 9.53 Å². The van der Waals surface area contributed by atoms with E-state index >= 15 is 0 Å². The van der Waals surface area contributed by atoms with Gasteiger partial charge in [-0.15, -0.1) is 0 Å². The second kappa shape index (κ2) is 6.52. The minimum atomic E-state index is 0.112. The van der Waals surface area contributed by atoms with Gasteiger partial charge in [0, 0.05) is 24.3 Å². The highest BCUT2D eigenvalue weighted by atomic mass is 16.5. The molecular weight excluding hydrogens is 276 g/mol. The van der Waals surface area contributed by atoms with Gasteiger partial charge in [-0.1, -0.05) is 18.2 Å². The van der Waals surface area contributed by atoms with E-state index in [0.29, 0.717) is 18.7 Å². The van der Waals surface area contributed by atoms with Crippen molar-refractivity contribution in [1.82, 2.24) is 0 Å². The fraction of sp³-hybridized carbons (Fsp3) is 0.278. The Balaban J connectivity index is 1.76. The number of ether oxygens (including phenoxy) is 1. The summed E-state index contributed by atoms with van der Waals surface area (Å²) >= 11 is 0. The molecule has 2 aromatic rings. The normalized spacial score (nSPS) is 12.8. The first-order valence-electron chi connectivity index (χ1n) is 7.62. The Hall–Kier alpha value is -2.49. The predicted octanol–water partition coefficient (Wildman–Crippen LogP) is 3.20. The summed E-state index contributed by atoms with van der Waals surface area (Å²) in [6.45, 7) is 4.67. The zero-order valence-corrected chi connectivity index (χ0v) is 12.7. The van der Waals surface area contributed by atoms with Crippen LogP contribution in [-0.2, 0) is 0 Å². The number of ketones is 1. The number of carbonyl (C=O) groups is 1. The molecular formula is C18H20N2O2. The summed E-state index contributed by atoms with van der Waals surface area (Å²) < 4.78 is 5.55. The average Bonchev–Trinajstić information content (AvgIpc) is 2.59. The Bertz CT molecular complexity index is 655. The van der Waals surface area contributed by atoms with Gasteiger partial charge in [-0.2, -0.15) is 0 Å². The molecule has 114 valence electrons. The molecule has 1 aliphatic heterocycles. The molecule has 0 amide bonds. The lowest BCUT2D eigenvalue weighted by atomic mass is 10.1. The van der Waals surface area contributed by atoms with Crippen LogP contribution in [0.3, 0.4) is 0 Å². The molecule has 1 N–H and O–H groups in total. The van der Waals surface area contributed by atoms with Gasteiger partial charge in [0.1, 0.15) is 12.4 Å². The summed E-state index contributed by atoms with van der Waals surface area (Å²) in [5.74, 6) is 0.930. The number of carbonyl (C=O) groups excluding carboxylic acids is 1. The van der Waals surface area contributed by atoms with Crippen molar-refractivity contribution in [3.63, 3.8) is 0 Å². The highest BCUT2D eigenvalue weighted by Crippen LogP contribution is 2.28. The summed E-state index contributed by atoms with van der Waals surface area (Å²) in [5.41, 5.74) is 2.68. The SMILES string of the molecule is CCN(CC(=O)c1ccc2c(c1)NCCO2)c1ccccc1. The molecule has 1 heterocycles. The number of benzene rings is 2. The van der Waals surface area contributed by atoms with Gasteiger partial charge in [0.25, 0.3) is 0 Å². The van der Waals surface area contributed by atoms with Crippen LogP contribution in [-0.4, -0.2) is 32.0 Å². The zero-order valence-electron chi connectivity index (χ0n) is 12.7. The van der Waals surface area contributed by atoms with E-state index in [-0.39, 0.29) is 5.78 Å². The summed E-state index contributed by atoms with van der Waals surface area (Å²) in [7, 11) is 0. The molecule has 3 rings (SSSR count). The lowest BCUT2D eigenvalue weighted by Gasteiger charge is -2.23. The molecule has 0 unspecified atom stereocenters. The zero-order chi connectivity index (χ0) is 15.4. The van der Waals surface area contributed by atoms with Crippen LogP contribution in [0.15, 0.2) is 48.5 Å². The van der Waals surface area contributed by atoms with Crippen molar-refractivity contribution in [3.8, 4) is 5.75 Å². The third kappa shape index (κ3) is 3.06. The topological polar surface area (TPSA) is 41.6 Å². The third-order valence-electron chi connectivity index (χ3n) is 3.81. The minimum absolute atomic E-state index is 0.112. The lowest BCUT2D eigenvalue weighted by molar-refractivity contribution is 0.0999.